The lowest BCUT2D eigenvalue weighted by Gasteiger charge is -2.06. The molecule has 0 amide bonds. The van der Waals surface area contributed by atoms with Crippen LogP contribution in [-0.4, -0.2) is 17.3 Å². The van der Waals surface area contributed by atoms with Crippen molar-refractivity contribution in [1.29, 1.82) is 0 Å². The number of fused-ring (bicyclic) bond motifs is 1. The van der Waals surface area contributed by atoms with E-state index < -0.39 is 5.75 Å². The summed E-state index contributed by atoms with van der Waals surface area (Å²) in [7, 11) is 1.56. The van der Waals surface area contributed by atoms with E-state index in [-0.39, 0.29) is 22.1 Å². The lowest BCUT2D eigenvalue weighted by atomic mass is 10.1. The molecule has 0 spiro atoms. The van der Waals surface area contributed by atoms with Crippen molar-refractivity contribution in [2.45, 2.75) is 0 Å². The molecule has 3 rings (SSSR count). The summed E-state index contributed by atoms with van der Waals surface area (Å²) in [6.45, 7) is 0. The van der Waals surface area contributed by atoms with Gasteiger partial charge >= 0.3 is 0 Å². The van der Waals surface area contributed by atoms with Gasteiger partial charge < -0.3 is 19.4 Å². The number of aromatic hydroxyl groups is 2. The molecule has 0 saturated heterocycles. The maximum Gasteiger partial charge on any atom is 0.201 e. The SMILES string of the molecule is COc1ccc(-c2coc3c(O)c(O)ccc3c2=O)cc1. The number of hydrogen-bond acceptors (Lipinski definition) is 5. The summed E-state index contributed by atoms with van der Waals surface area (Å²) in [5, 5.41) is 19.3. The molecule has 2 N–H and O–H groups in total. The van der Waals surface area contributed by atoms with Gasteiger partial charge in [0.05, 0.1) is 18.1 Å². The van der Waals surface area contributed by atoms with Gasteiger partial charge in [0.25, 0.3) is 0 Å². The fourth-order valence-corrected chi connectivity index (χ4v) is 2.15. The maximum absolute atomic E-state index is 12.5. The number of rotatable bonds is 2. The number of hydrogen-bond donors (Lipinski definition) is 2. The molecule has 0 fully saturated rings. The molecule has 0 aliphatic rings. The maximum atomic E-state index is 12.5. The lowest BCUT2D eigenvalue weighted by molar-refractivity contribution is 0.399. The molecule has 5 nitrogen and oxygen atoms in total. The van der Waals surface area contributed by atoms with E-state index >= 15 is 0 Å². The third-order valence-electron chi connectivity index (χ3n) is 3.30. The van der Waals surface area contributed by atoms with Crippen LogP contribution < -0.4 is 10.2 Å². The summed E-state index contributed by atoms with van der Waals surface area (Å²) in [5.74, 6) is -0.0831. The van der Waals surface area contributed by atoms with Gasteiger partial charge in [0.2, 0.25) is 11.2 Å². The molecule has 0 unspecified atom stereocenters. The van der Waals surface area contributed by atoms with Crippen molar-refractivity contribution < 1.29 is 19.4 Å². The smallest absolute Gasteiger partial charge is 0.201 e. The first-order valence-corrected chi connectivity index (χ1v) is 6.22. The molecule has 0 aliphatic heterocycles. The summed E-state index contributed by atoms with van der Waals surface area (Å²) < 4.78 is 10.4. The number of methoxy groups -OCH3 is 1. The fourth-order valence-electron chi connectivity index (χ4n) is 2.15. The van der Waals surface area contributed by atoms with Gasteiger partial charge in [-0.25, -0.2) is 0 Å². The predicted octanol–water partition coefficient (Wildman–Crippen LogP) is 2.88. The summed E-state index contributed by atoms with van der Waals surface area (Å²) >= 11 is 0. The van der Waals surface area contributed by atoms with E-state index in [0.717, 1.165) is 0 Å². The largest absolute Gasteiger partial charge is 0.504 e. The van der Waals surface area contributed by atoms with Gasteiger partial charge in [-0.15, -0.1) is 0 Å². The molecule has 3 aromatic rings. The van der Waals surface area contributed by atoms with Crippen LogP contribution in [-0.2, 0) is 0 Å². The first kappa shape index (κ1) is 13.1. The van der Waals surface area contributed by atoms with Gasteiger partial charge in [-0.3, -0.25) is 4.79 Å². The minimum absolute atomic E-state index is 0.0303. The van der Waals surface area contributed by atoms with E-state index in [1.807, 2.05) is 0 Å². The zero-order chi connectivity index (χ0) is 15.0. The average Bonchev–Trinajstić information content (AvgIpc) is 2.52. The average molecular weight is 284 g/mol. The Labute approximate surface area is 119 Å². The highest BCUT2D eigenvalue weighted by Gasteiger charge is 2.14. The van der Waals surface area contributed by atoms with Crippen LogP contribution >= 0.6 is 0 Å². The van der Waals surface area contributed by atoms with Gasteiger partial charge in [0, 0.05) is 0 Å². The van der Waals surface area contributed by atoms with Gasteiger partial charge in [-0.1, -0.05) is 12.1 Å². The predicted molar refractivity (Wildman–Crippen MR) is 77.8 cm³/mol. The first-order chi connectivity index (χ1) is 10.1. The van der Waals surface area contributed by atoms with Gasteiger partial charge in [0.1, 0.15) is 12.0 Å². The molecule has 1 heterocycles. The van der Waals surface area contributed by atoms with Crippen molar-refractivity contribution in [1.82, 2.24) is 0 Å². The second-order valence-electron chi connectivity index (χ2n) is 4.52. The molecule has 0 bridgehead atoms. The van der Waals surface area contributed by atoms with E-state index in [1.165, 1.54) is 18.4 Å². The monoisotopic (exact) mass is 284 g/mol. The van der Waals surface area contributed by atoms with Crippen LogP contribution in [0.2, 0.25) is 0 Å². The number of phenols is 2. The summed E-state index contributed by atoms with van der Waals surface area (Å²) in [6, 6.07) is 9.66. The van der Waals surface area contributed by atoms with Crippen LogP contribution in [0.3, 0.4) is 0 Å². The molecule has 5 heteroatoms. The van der Waals surface area contributed by atoms with Crippen molar-refractivity contribution in [2.24, 2.45) is 0 Å². The molecule has 0 aliphatic carbocycles. The van der Waals surface area contributed by atoms with Crippen molar-refractivity contribution >= 4 is 11.0 Å². The van der Waals surface area contributed by atoms with Gasteiger partial charge in [-0.05, 0) is 29.8 Å². The third kappa shape index (κ3) is 2.08. The van der Waals surface area contributed by atoms with Crippen LogP contribution in [0.1, 0.15) is 0 Å². The highest BCUT2D eigenvalue weighted by atomic mass is 16.5. The molecular formula is C16H12O5. The van der Waals surface area contributed by atoms with Crippen molar-refractivity contribution in [3.8, 4) is 28.4 Å². The standard InChI is InChI=1S/C16H12O5/c1-20-10-4-2-9(3-5-10)12-8-21-16-11(14(12)18)6-7-13(17)15(16)19/h2-8,17,19H,1H3. The van der Waals surface area contributed by atoms with Crippen LogP contribution in [0.25, 0.3) is 22.1 Å². The number of phenolic OH excluding ortho intramolecular Hbond substituents is 2. The number of ether oxygens (including phenoxy) is 1. The fraction of sp³-hybridized carbons (Fsp3) is 0.0625. The summed E-state index contributed by atoms with van der Waals surface area (Å²) in [5.41, 5.74) is 0.739. The quantitative estimate of drug-likeness (QED) is 0.707. The third-order valence-corrected chi connectivity index (χ3v) is 3.30. The van der Waals surface area contributed by atoms with Crippen LogP contribution in [0, 0.1) is 0 Å². The summed E-state index contributed by atoms with van der Waals surface area (Å²) in [6.07, 6.45) is 1.27. The Balaban J connectivity index is 2.22. The molecule has 0 saturated carbocycles. The van der Waals surface area contributed by atoms with Crippen LogP contribution in [0.4, 0.5) is 0 Å². The van der Waals surface area contributed by atoms with E-state index in [4.69, 9.17) is 9.15 Å². The lowest BCUT2D eigenvalue weighted by Crippen LogP contribution is -2.04. The highest BCUT2D eigenvalue weighted by Crippen LogP contribution is 2.33. The van der Waals surface area contributed by atoms with E-state index in [2.05, 4.69) is 0 Å². The van der Waals surface area contributed by atoms with Crippen LogP contribution in [0.5, 0.6) is 17.2 Å². The Morgan fingerprint density at radius 1 is 1.05 bits per heavy atom. The molecular weight excluding hydrogens is 272 g/mol. The van der Waals surface area contributed by atoms with Gasteiger partial charge in [-0.2, -0.15) is 0 Å². The normalized spacial score (nSPS) is 10.7. The summed E-state index contributed by atoms with van der Waals surface area (Å²) in [4.78, 5) is 12.5. The van der Waals surface area contributed by atoms with E-state index in [1.54, 1.807) is 31.4 Å². The van der Waals surface area contributed by atoms with Crippen molar-refractivity contribution in [3.63, 3.8) is 0 Å². The zero-order valence-corrected chi connectivity index (χ0v) is 11.2. The molecule has 0 atom stereocenters. The zero-order valence-electron chi connectivity index (χ0n) is 11.2. The van der Waals surface area contributed by atoms with E-state index in [0.29, 0.717) is 16.9 Å². The van der Waals surface area contributed by atoms with E-state index in [9.17, 15) is 15.0 Å². The topological polar surface area (TPSA) is 79.9 Å². The minimum Gasteiger partial charge on any atom is -0.504 e. The molecule has 2 aromatic carbocycles. The second kappa shape index (κ2) is 4.86. The van der Waals surface area contributed by atoms with Crippen molar-refractivity contribution in [3.05, 3.63) is 52.9 Å². The Morgan fingerprint density at radius 3 is 2.43 bits per heavy atom. The number of benzene rings is 2. The second-order valence-corrected chi connectivity index (χ2v) is 4.52. The molecule has 0 radical (unpaired) electrons. The van der Waals surface area contributed by atoms with Crippen LogP contribution in [0.15, 0.2) is 51.9 Å². The Kier molecular flexibility index (Phi) is 3.02. The highest BCUT2D eigenvalue weighted by molar-refractivity contribution is 5.87. The Hall–Kier alpha value is -2.95. The van der Waals surface area contributed by atoms with Crippen molar-refractivity contribution in [2.75, 3.05) is 7.11 Å². The Bertz CT molecular complexity index is 862. The first-order valence-electron chi connectivity index (χ1n) is 6.22. The molecule has 21 heavy (non-hydrogen) atoms. The molecule has 106 valence electrons. The molecule has 1 aromatic heterocycles. The van der Waals surface area contributed by atoms with Gasteiger partial charge in [0.15, 0.2) is 11.3 Å². The Morgan fingerprint density at radius 2 is 1.76 bits per heavy atom. The minimum atomic E-state index is -0.439.